The molecule has 1 fully saturated rings. The topological polar surface area (TPSA) is 61.7 Å². The van der Waals surface area contributed by atoms with E-state index < -0.39 is 0 Å². The van der Waals surface area contributed by atoms with Crippen LogP contribution in [0.2, 0.25) is 0 Å². The van der Waals surface area contributed by atoms with E-state index in [9.17, 15) is 10.2 Å². The van der Waals surface area contributed by atoms with Crippen molar-refractivity contribution in [3.05, 3.63) is 23.8 Å². The van der Waals surface area contributed by atoms with Crippen LogP contribution < -0.4 is 5.32 Å². The van der Waals surface area contributed by atoms with Crippen molar-refractivity contribution >= 4 is 0 Å². The van der Waals surface area contributed by atoms with Gasteiger partial charge in [-0.3, -0.25) is 0 Å². The number of nitrogens with one attached hydrogen (secondary N) is 1. The monoisotopic (exact) mass is 251 g/mol. The number of hydrogen-bond acceptors (Lipinski definition) is 4. The molecule has 2 atom stereocenters. The molecule has 0 spiro atoms. The lowest BCUT2D eigenvalue weighted by Gasteiger charge is -2.17. The number of phenols is 2. The van der Waals surface area contributed by atoms with Crippen molar-refractivity contribution in [2.75, 3.05) is 13.2 Å². The first-order chi connectivity index (χ1) is 8.70. The average molecular weight is 251 g/mol. The highest BCUT2D eigenvalue weighted by molar-refractivity contribution is 5.38. The van der Waals surface area contributed by atoms with E-state index in [0.717, 1.165) is 31.6 Å². The third-order valence-electron chi connectivity index (χ3n) is 3.54. The van der Waals surface area contributed by atoms with Crippen LogP contribution in [0.25, 0.3) is 0 Å². The Kier molecular flexibility index (Phi) is 4.44. The predicted molar refractivity (Wildman–Crippen MR) is 69.6 cm³/mol. The number of aromatic hydroxyl groups is 2. The van der Waals surface area contributed by atoms with E-state index in [4.69, 9.17) is 4.74 Å². The second-order valence-electron chi connectivity index (χ2n) is 4.81. The first-order valence-electron chi connectivity index (χ1n) is 6.54. The molecule has 1 aliphatic rings. The summed E-state index contributed by atoms with van der Waals surface area (Å²) in [6.45, 7) is 4.52. The van der Waals surface area contributed by atoms with Crippen molar-refractivity contribution in [2.45, 2.75) is 32.4 Å². The molecule has 0 saturated carbocycles. The second-order valence-corrected chi connectivity index (χ2v) is 4.81. The van der Waals surface area contributed by atoms with Gasteiger partial charge in [-0.2, -0.15) is 0 Å². The predicted octanol–water partition coefficient (Wildman–Crippen LogP) is 2.00. The van der Waals surface area contributed by atoms with Gasteiger partial charge in [0.2, 0.25) is 0 Å². The summed E-state index contributed by atoms with van der Waals surface area (Å²) >= 11 is 0. The summed E-state index contributed by atoms with van der Waals surface area (Å²) in [6.07, 6.45) is 2.52. The molecule has 4 heteroatoms. The Morgan fingerprint density at radius 2 is 2.22 bits per heavy atom. The van der Waals surface area contributed by atoms with Crippen LogP contribution in [0.1, 0.15) is 25.3 Å². The number of rotatable bonds is 5. The zero-order chi connectivity index (χ0) is 13.0. The summed E-state index contributed by atoms with van der Waals surface area (Å²) in [4.78, 5) is 0. The standard InChI is InChI=1S/C14H21NO3/c1-2-14-11(5-6-18-14)9-15-8-10-3-4-12(16)7-13(10)17/h3-4,7,11,14-17H,2,5-6,8-9H2,1H3. The molecule has 0 radical (unpaired) electrons. The molecule has 4 nitrogen and oxygen atoms in total. The molecule has 3 N–H and O–H groups in total. The van der Waals surface area contributed by atoms with E-state index in [0.29, 0.717) is 18.6 Å². The lowest BCUT2D eigenvalue weighted by Crippen LogP contribution is -2.27. The van der Waals surface area contributed by atoms with Crippen LogP contribution in [0.15, 0.2) is 18.2 Å². The van der Waals surface area contributed by atoms with Crippen molar-refractivity contribution in [1.29, 1.82) is 0 Å². The summed E-state index contributed by atoms with van der Waals surface area (Å²) in [5, 5.41) is 22.2. The van der Waals surface area contributed by atoms with Gasteiger partial charge >= 0.3 is 0 Å². The van der Waals surface area contributed by atoms with Gasteiger partial charge in [-0.1, -0.05) is 13.0 Å². The fourth-order valence-electron chi connectivity index (χ4n) is 2.47. The van der Waals surface area contributed by atoms with E-state index >= 15 is 0 Å². The molecule has 1 saturated heterocycles. The van der Waals surface area contributed by atoms with Gasteiger partial charge in [-0.15, -0.1) is 0 Å². The molecule has 1 aliphatic heterocycles. The van der Waals surface area contributed by atoms with Crippen molar-refractivity contribution < 1.29 is 14.9 Å². The van der Waals surface area contributed by atoms with Gasteiger partial charge in [0, 0.05) is 31.3 Å². The largest absolute Gasteiger partial charge is 0.508 e. The first kappa shape index (κ1) is 13.2. The van der Waals surface area contributed by atoms with E-state index in [1.807, 2.05) is 0 Å². The zero-order valence-electron chi connectivity index (χ0n) is 10.7. The maximum atomic E-state index is 9.66. The molecule has 2 unspecified atom stereocenters. The van der Waals surface area contributed by atoms with E-state index in [2.05, 4.69) is 12.2 Å². The molecule has 100 valence electrons. The van der Waals surface area contributed by atoms with Gasteiger partial charge in [0.15, 0.2) is 0 Å². The third-order valence-corrected chi connectivity index (χ3v) is 3.54. The van der Waals surface area contributed by atoms with Crippen LogP contribution in [0.3, 0.4) is 0 Å². The maximum absolute atomic E-state index is 9.66. The third kappa shape index (κ3) is 3.15. The van der Waals surface area contributed by atoms with Gasteiger partial charge < -0.3 is 20.3 Å². The number of benzene rings is 1. The Morgan fingerprint density at radius 3 is 2.94 bits per heavy atom. The highest BCUT2D eigenvalue weighted by atomic mass is 16.5. The van der Waals surface area contributed by atoms with Crippen LogP contribution >= 0.6 is 0 Å². The Bertz CT molecular complexity index is 395. The quantitative estimate of drug-likeness (QED) is 0.749. The molecular formula is C14H21NO3. The van der Waals surface area contributed by atoms with Crippen molar-refractivity contribution in [3.63, 3.8) is 0 Å². The van der Waals surface area contributed by atoms with Crippen LogP contribution in [-0.2, 0) is 11.3 Å². The van der Waals surface area contributed by atoms with Gasteiger partial charge in [-0.25, -0.2) is 0 Å². The zero-order valence-corrected chi connectivity index (χ0v) is 10.7. The molecule has 18 heavy (non-hydrogen) atoms. The van der Waals surface area contributed by atoms with Crippen LogP contribution in [0, 0.1) is 5.92 Å². The molecule has 1 aromatic rings. The Hall–Kier alpha value is -1.26. The maximum Gasteiger partial charge on any atom is 0.123 e. The number of ether oxygens (including phenoxy) is 1. The molecule has 0 amide bonds. The molecule has 0 aromatic heterocycles. The molecule has 1 heterocycles. The summed E-state index contributed by atoms with van der Waals surface area (Å²) in [7, 11) is 0. The molecule has 1 aromatic carbocycles. The lowest BCUT2D eigenvalue weighted by atomic mass is 9.99. The minimum Gasteiger partial charge on any atom is -0.508 e. The van der Waals surface area contributed by atoms with Crippen molar-refractivity contribution in [1.82, 2.24) is 5.32 Å². The summed E-state index contributed by atoms with van der Waals surface area (Å²) < 4.78 is 5.63. The molecule has 2 rings (SSSR count). The fraction of sp³-hybridized carbons (Fsp3) is 0.571. The summed E-state index contributed by atoms with van der Waals surface area (Å²) in [5.74, 6) is 0.790. The Balaban J connectivity index is 1.81. The first-order valence-corrected chi connectivity index (χ1v) is 6.54. The van der Waals surface area contributed by atoms with Crippen molar-refractivity contribution in [2.24, 2.45) is 5.92 Å². The van der Waals surface area contributed by atoms with Crippen molar-refractivity contribution in [3.8, 4) is 11.5 Å². The molecule has 0 aliphatic carbocycles. The molecular weight excluding hydrogens is 230 g/mol. The molecule has 0 bridgehead atoms. The second kappa shape index (κ2) is 6.07. The Labute approximate surface area is 108 Å². The van der Waals surface area contributed by atoms with Gasteiger partial charge in [-0.05, 0) is 24.8 Å². The van der Waals surface area contributed by atoms with Gasteiger partial charge in [0.1, 0.15) is 11.5 Å². The van der Waals surface area contributed by atoms with E-state index in [1.54, 1.807) is 12.1 Å². The average Bonchev–Trinajstić information content (AvgIpc) is 2.79. The summed E-state index contributed by atoms with van der Waals surface area (Å²) in [5.41, 5.74) is 0.805. The number of phenolic OH excluding ortho intramolecular Hbond substituents is 2. The van der Waals surface area contributed by atoms with Gasteiger partial charge in [0.25, 0.3) is 0 Å². The highest BCUT2D eigenvalue weighted by Crippen LogP contribution is 2.24. The summed E-state index contributed by atoms with van der Waals surface area (Å²) in [6, 6.07) is 4.69. The van der Waals surface area contributed by atoms with Crippen LogP contribution in [0.4, 0.5) is 0 Å². The van der Waals surface area contributed by atoms with Crippen LogP contribution in [-0.4, -0.2) is 29.5 Å². The fourth-order valence-corrected chi connectivity index (χ4v) is 2.47. The minimum absolute atomic E-state index is 0.0893. The lowest BCUT2D eigenvalue weighted by molar-refractivity contribution is 0.0872. The van der Waals surface area contributed by atoms with E-state index in [1.165, 1.54) is 6.07 Å². The SMILES string of the molecule is CCC1OCCC1CNCc1ccc(O)cc1O. The van der Waals surface area contributed by atoms with Gasteiger partial charge in [0.05, 0.1) is 6.10 Å². The normalized spacial score (nSPS) is 23.4. The van der Waals surface area contributed by atoms with E-state index in [-0.39, 0.29) is 11.5 Å². The smallest absolute Gasteiger partial charge is 0.123 e. The van der Waals surface area contributed by atoms with Crippen LogP contribution in [0.5, 0.6) is 11.5 Å². The Morgan fingerprint density at radius 1 is 1.39 bits per heavy atom. The minimum atomic E-state index is 0.0893. The highest BCUT2D eigenvalue weighted by Gasteiger charge is 2.25. The number of hydrogen-bond donors (Lipinski definition) is 3.